The van der Waals surface area contributed by atoms with Crippen molar-refractivity contribution >= 4 is 10.0 Å². The smallest absolute Gasteiger partial charge is 0.217 e. The van der Waals surface area contributed by atoms with Gasteiger partial charge < -0.3 is 4.74 Å². The molecule has 20 heavy (non-hydrogen) atoms. The maximum absolute atomic E-state index is 12.7. The predicted octanol–water partition coefficient (Wildman–Crippen LogP) is 1.05. The first-order chi connectivity index (χ1) is 9.56. The molecule has 3 aliphatic heterocycles. The summed E-state index contributed by atoms with van der Waals surface area (Å²) >= 11 is 0. The van der Waals surface area contributed by atoms with Crippen molar-refractivity contribution < 1.29 is 13.2 Å². The largest absolute Gasteiger partial charge is 0.377 e. The normalized spacial score (nSPS) is 37.0. The second kappa shape index (κ2) is 5.91. The molecule has 0 N–H and O–H groups in total. The van der Waals surface area contributed by atoms with E-state index in [2.05, 4.69) is 4.90 Å². The van der Waals surface area contributed by atoms with Crippen molar-refractivity contribution in [1.29, 1.82) is 0 Å². The third kappa shape index (κ3) is 3.03. The summed E-state index contributed by atoms with van der Waals surface area (Å²) in [5, 5.41) is 0. The molecule has 0 aromatic rings. The van der Waals surface area contributed by atoms with E-state index in [1.807, 2.05) is 6.92 Å². The molecule has 0 unspecified atom stereocenters. The van der Waals surface area contributed by atoms with Crippen LogP contribution >= 0.6 is 0 Å². The second-order valence-electron chi connectivity index (χ2n) is 6.48. The van der Waals surface area contributed by atoms with Crippen LogP contribution in [-0.2, 0) is 14.8 Å². The van der Waals surface area contributed by atoms with Crippen LogP contribution < -0.4 is 0 Å². The molecular formula is C14H26N2O3S. The van der Waals surface area contributed by atoms with E-state index in [0.29, 0.717) is 19.2 Å². The van der Waals surface area contributed by atoms with Gasteiger partial charge >= 0.3 is 0 Å². The lowest BCUT2D eigenvalue weighted by Crippen LogP contribution is -2.57. The molecule has 116 valence electrons. The van der Waals surface area contributed by atoms with Crippen LogP contribution in [0.2, 0.25) is 0 Å². The Kier molecular flexibility index (Phi) is 4.36. The second-order valence-corrected chi connectivity index (χ2v) is 8.44. The quantitative estimate of drug-likeness (QED) is 0.782. The minimum Gasteiger partial charge on any atom is -0.377 e. The fourth-order valence-corrected chi connectivity index (χ4v) is 5.76. The Morgan fingerprint density at radius 3 is 2.75 bits per heavy atom. The molecule has 0 amide bonds. The summed E-state index contributed by atoms with van der Waals surface area (Å²) < 4.78 is 32.7. The minimum atomic E-state index is -3.19. The number of hydrogen-bond acceptors (Lipinski definition) is 4. The summed E-state index contributed by atoms with van der Waals surface area (Å²) in [4.78, 5) is 2.45. The van der Waals surface area contributed by atoms with E-state index < -0.39 is 10.0 Å². The first kappa shape index (κ1) is 14.8. The highest BCUT2D eigenvalue weighted by Crippen LogP contribution is 2.27. The molecule has 0 saturated carbocycles. The Morgan fingerprint density at radius 2 is 2.00 bits per heavy atom. The molecule has 0 aromatic carbocycles. The van der Waals surface area contributed by atoms with E-state index in [4.69, 9.17) is 4.74 Å². The van der Waals surface area contributed by atoms with Crippen molar-refractivity contribution in [3.63, 3.8) is 0 Å². The SMILES string of the molecule is C[C@@H]1CN2CCC[C@@H]2CN1S(=O)(=O)C[C@@H]1CCCCO1. The van der Waals surface area contributed by atoms with Crippen molar-refractivity contribution in [3.8, 4) is 0 Å². The number of rotatable bonds is 3. The molecule has 0 bridgehead atoms. The van der Waals surface area contributed by atoms with E-state index in [-0.39, 0.29) is 17.9 Å². The van der Waals surface area contributed by atoms with E-state index in [1.165, 1.54) is 6.42 Å². The van der Waals surface area contributed by atoms with Crippen molar-refractivity contribution in [2.24, 2.45) is 0 Å². The summed E-state index contributed by atoms with van der Waals surface area (Å²) in [6.45, 7) is 5.44. The first-order valence-electron chi connectivity index (χ1n) is 7.91. The molecule has 0 spiro atoms. The van der Waals surface area contributed by atoms with Gasteiger partial charge in [-0.25, -0.2) is 8.42 Å². The molecule has 0 aliphatic carbocycles. The lowest BCUT2D eigenvalue weighted by molar-refractivity contribution is 0.0289. The zero-order valence-corrected chi connectivity index (χ0v) is 13.1. The van der Waals surface area contributed by atoms with Gasteiger partial charge in [0.2, 0.25) is 10.0 Å². The van der Waals surface area contributed by atoms with Crippen molar-refractivity contribution in [3.05, 3.63) is 0 Å². The molecule has 0 radical (unpaired) electrons. The number of ether oxygens (including phenoxy) is 1. The summed E-state index contributed by atoms with van der Waals surface area (Å²) in [7, 11) is -3.19. The molecule has 6 heteroatoms. The monoisotopic (exact) mass is 302 g/mol. The van der Waals surface area contributed by atoms with Crippen LogP contribution in [0.4, 0.5) is 0 Å². The maximum Gasteiger partial charge on any atom is 0.217 e. The summed E-state index contributed by atoms with van der Waals surface area (Å²) in [5.74, 6) is 0.171. The van der Waals surface area contributed by atoms with Crippen molar-refractivity contribution in [1.82, 2.24) is 9.21 Å². The van der Waals surface area contributed by atoms with Gasteiger partial charge in [-0.15, -0.1) is 0 Å². The van der Waals surface area contributed by atoms with Crippen LogP contribution in [0.1, 0.15) is 39.0 Å². The predicted molar refractivity (Wildman–Crippen MR) is 78.1 cm³/mol. The molecule has 3 saturated heterocycles. The van der Waals surface area contributed by atoms with E-state index in [0.717, 1.165) is 38.8 Å². The molecule has 3 fully saturated rings. The number of sulfonamides is 1. The fourth-order valence-electron chi connectivity index (χ4n) is 3.82. The van der Waals surface area contributed by atoms with Gasteiger partial charge in [-0.1, -0.05) is 0 Å². The standard InChI is InChI=1S/C14H26N2O3S/c1-12-9-15-7-4-5-13(15)10-16(12)20(17,18)11-14-6-2-3-8-19-14/h12-14H,2-11H2,1H3/t12-,13-,14+/m1/s1. The van der Waals surface area contributed by atoms with Gasteiger partial charge in [0.25, 0.3) is 0 Å². The Morgan fingerprint density at radius 1 is 1.15 bits per heavy atom. The molecule has 3 atom stereocenters. The Balaban J connectivity index is 1.66. The van der Waals surface area contributed by atoms with Gasteiger partial charge in [0.1, 0.15) is 0 Å². The molecule has 3 rings (SSSR count). The van der Waals surface area contributed by atoms with Gasteiger partial charge in [0.05, 0.1) is 11.9 Å². The Bertz CT molecular complexity index is 434. The van der Waals surface area contributed by atoms with E-state index in [1.54, 1.807) is 4.31 Å². The Labute approximate surface area is 122 Å². The number of nitrogens with zero attached hydrogens (tertiary/aromatic N) is 2. The first-order valence-corrected chi connectivity index (χ1v) is 9.52. The number of fused-ring (bicyclic) bond motifs is 1. The van der Waals surface area contributed by atoms with E-state index in [9.17, 15) is 8.42 Å². The zero-order valence-electron chi connectivity index (χ0n) is 12.3. The highest BCUT2D eigenvalue weighted by atomic mass is 32.2. The van der Waals surface area contributed by atoms with Crippen LogP contribution in [0.15, 0.2) is 0 Å². The third-order valence-corrected chi connectivity index (χ3v) is 6.92. The van der Waals surface area contributed by atoms with Gasteiger partial charge in [0.15, 0.2) is 0 Å². The van der Waals surface area contributed by atoms with Crippen molar-refractivity contribution in [2.45, 2.75) is 57.2 Å². The maximum atomic E-state index is 12.7. The molecular weight excluding hydrogens is 276 g/mol. The Hall–Kier alpha value is -0.170. The third-order valence-electron chi connectivity index (χ3n) is 4.91. The lowest BCUT2D eigenvalue weighted by Gasteiger charge is -2.41. The van der Waals surface area contributed by atoms with Crippen LogP contribution in [0.25, 0.3) is 0 Å². The lowest BCUT2D eigenvalue weighted by atomic mass is 10.1. The summed E-state index contributed by atoms with van der Waals surface area (Å²) in [5.41, 5.74) is 0. The van der Waals surface area contributed by atoms with Gasteiger partial charge in [-0.3, -0.25) is 4.90 Å². The topological polar surface area (TPSA) is 49.9 Å². The fraction of sp³-hybridized carbons (Fsp3) is 1.00. The highest BCUT2D eigenvalue weighted by molar-refractivity contribution is 7.89. The summed E-state index contributed by atoms with van der Waals surface area (Å²) in [6.07, 6.45) is 5.29. The van der Waals surface area contributed by atoms with Gasteiger partial charge in [0, 0.05) is 31.8 Å². The number of hydrogen-bond donors (Lipinski definition) is 0. The van der Waals surface area contributed by atoms with Crippen LogP contribution in [0.5, 0.6) is 0 Å². The zero-order chi connectivity index (χ0) is 14.2. The van der Waals surface area contributed by atoms with Gasteiger partial charge in [-0.2, -0.15) is 4.31 Å². The van der Waals surface area contributed by atoms with Gasteiger partial charge in [-0.05, 0) is 45.6 Å². The number of piperazine rings is 1. The molecule has 3 aliphatic rings. The average Bonchev–Trinajstić information content (AvgIpc) is 2.85. The van der Waals surface area contributed by atoms with Crippen LogP contribution in [0, 0.1) is 0 Å². The minimum absolute atomic E-state index is 0.0949. The highest BCUT2D eigenvalue weighted by Gasteiger charge is 2.40. The van der Waals surface area contributed by atoms with E-state index >= 15 is 0 Å². The molecule has 3 heterocycles. The van der Waals surface area contributed by atoms with Crippen molar-refractivity contribution in [2.75, 3.05) is 32.0 Å². The van der Waals surface area contributed by atoms with Crippen LogP contribution in [0.3, 0.4) is 0 Å². The molecule has 5 nitrogen and oxygen atoms in total. The molecule has 0 aromatic heterocycles. The average molecular weight is 302 g/mol. The summed E-state index contributed by atoms with van der Waals surface area (Å²) in [6, 6.07) is 0.534. The van der Waals surface area contributed by atoms with Crippen LogP contribution in [-0.4, -0.2) is 67.8 Å².